The molecule has 0 saturated carbocycles. The lowest BCUT2D eigenvalue weighted by atomic mass is 10.0. The zero-order valence-corrected chi connectivity index (χ0v) is 18.3. The molecule has 180 valence electrons. The lowest BCUT2D eigenvalue weighted by Gasteiger charge is -2.22. The number of nitriles is 1. The van der Waals surface area contributed by atoms with E-state index >= 15 is 0 Å². The molecule has 0 bridgehead atoms. The van der Waals surface area contributed by atoms with Crippen molar-refractivity contribution in [2.24, 2.45) is 0 Å². The summed E-state index contributed by atoms with van der Waals surface area (Å²) in [5.74, 6) is -0.439. The van der Waals surface area contributed by atoms with Gasteiger partial charge in [-0.1, -0.05) is 0 Å². The number of pyridine rings is 2. The standard InChI is InChI=1S/C21H22F3N7O3/c1-21(2,33)16(22)11-29-19(32)14-10-27-17(6-15(14)26-3-4-34-20(23)24)31-18-13(9-30-31)5-12(7-25)8-28-18/h5-6,8-10,16,20,33H,3-4,11H2,1-2H3,(H,26,27)(H,29,32)/t16-/m1/s1. The average Bonchev–Trinajstić information content (AvgIpc) is 3.22. The molecule has 3 rings (SSSR count). The first kappa shape index (κ1) is 24.9. The smallest absolute Gasteiger partial charge is 0.345 e. The molecule has 0 saturated heterocycles. The van der Waals surface area contributed by atoms with Gasteiger partial charge in [-0.3, -0.25) is 4.79 Å². The van der Waals surface area contributed by atoms with Crippen molar-refractivity contribution in [1.29, 1.82) is 5.26 Å². The Kier molecular flexibility index (Phi) is 7.64. The summed E-state index contributed by atoms with van der Waals surface area (Å²) < 4.78 is 44.2. The fraction of sp³-hybridized carbons (Fsp3) is 0.381. The molecule has 0 fully saturated rings. The van der Waals surface area contributed by atoms with E-state index in [1.807, 2.05) is 6.07 Å². The number of rotatable bonds is 10. The molecule has 0 aliphatic carbocycles. The second-order valence-corrected chi connectivity index (χ2v) is 7.78. The van der Waals surface area contributed by atoms with Crippen LogP contribution in [0.2, 0.25) is 0 Å². The van der Waals surface area contributed by atoms with Crippen LogP contribution in [-0.2, 0) is 4.74 Å². The van der Waals surface area contributed by atoms with E-state index in [0.29, 0.717) is 16.6 Å². The van der Waals surface area contributed by atoms with Gasteiger partial charge in [0.05, 0.1) is 41.8 Å². The molecular formula is C21H22F3N7O3. The van der Waals surface area contributed by atoms with E-state index in [1.165, 1.54) is 43.2 Å². The third-order valence-electron chi connectivity index (χ3n) is 4.76. The summed E-state index contributed by atoms with van der Waals surface area (Å²) in [4.78, 5) is 21.1. The van der Waals surface area contributed by atoms with Crippen molar-refractivity contribution >= 4 is 22.6 Å². The minimum atomic E-state index is -2.94. The molecule has 1 atom stereocenters. The average molecular weight is 477 g/mol. The maximum Gasteiger partial charge on any atom is 0.345 e. The van der Waals surface area contributed by atoms with Crippen molar-refractivity contribution in [3.8, 4) is 11.9 Å². The van der Waals surface area contributed by atoms with E-state index in [1.54, 1.807) is 6.07 Å². The molecule has 13 heteroatoms. The highest BCUT2D eigenvalue weighted by Gasteiger charge is 2.27. The maximum absolute atomic E-state index is 14.0. The van der Waals surface area contributed by atoms with Crippen LogP contribution in [0, 0.1) is 11.3 Å². The highest BCUT2D eigenvalue weighted by atomic mass is 19.3. The van der Waals surface area contributed by atoms with E-state index in [9.17, 15) is 23.1 Å². The van der Waals surface area contributed by atoms with Gasteiger partial charge in [0.1, 0.15) is 12.2 Å². The monoisotopic (exact) mass is 477 g/mol. The zero-order valence-electron chi connectivity index (χ0n) is 18.3. The van der Waals surface area contributed by atoms with Gasteiger partial charge in [0.15, 0.2) is 11.5 Å². The number of hydrogen-bond acceptors (Lipinski definition) is 8. The van der Waals surface area contributed by atoms with Crippen LogP contribution >= 0.6 is 0 Å². The van der Waals surface area contributed by atoms with E-state index < -0.39 is 30.8 Å². The van der Waals surface area contributed by atoms with Crippen LogP contribution in [0.3, 0.4) is 0 Å². The molecule has 0 aliphatic rings. The second-order valence-electron chi connectivity index (χ2n) is 7.78. The maximum atomic E-state index is 14.0. The van der Waals surface area contributed by atoms with Crippen LogP contribution in [0.25, 0.3) is 16.9 Å². The number of anilines is 1. The molecule has 0 aliphatic heterocycles. The first-order valence-electron chi connectivity index (χ1n) is 10.1. The van der Waals surface area contributed by atoms with Gasteiger partial charge >= 0.3 is 6.61 Å². The molecular weight excluding hydrogens is 455 g/mol. The third kappa shape index (κ3) is 5.97. The number of nitrogens with zero attached hydrogens (tertiary/aromatic N) is 5. The van der Waals surface area contributed by atoms with Crippen molar-refractivity contribution in [2.75, 3.05) is 25.0 Å². The Morgan fingerprint density at radius 1 is 1.26 bits per heavy atom. The number of alkyl halides is 3. The Balaban J connectivity index is 1.89. The SMILES string of the molecule is CC(C)(O)[C@H](F)CNC(=O)c1cnc(-n2ncc3cc(C#N)cnc32)cc1NCCOC(F)F. The van der Waals surface area contributed by atoms with E-state index in [2.05, 4.69) is 30.4 Å². The number of halogens is 3. The van der Waals surface area contributed by atoms with Crippen LogP contribution in [-0.4, -0.2) is 68.8 Å². The number of carbonyl (C=O) groups is 1. The van der Waals surface area contributed by atoms with E-state index in [0.717, 1.165) is 0 Å². The molecule has 10 nitrogen and oxygen atoms in total. The largest absolute Gasteiger partial charge is 0.387 e. The highest BCUT2D eigenvalue weighted by molar-refractivity contribution is 5.99. The first-order valence-corrected chi connectivity index (χ1v) is 10.1. The van der Waals surface area contributed by atoms with Crippen LogP contribution in [0.5, 0.6) is 0 Å². The van der Waals surface area contributed by atoms with Gasteiger partial charge in [-0.05, 0) is 19.9 Å². The first-order chi connectivity index (χ1) is 16.1. The van der Waals surface area contributed by atoms with Crippen LogP contribution in [0.15, 0.2) is 30.7 Å². The Labute approximate surface area is 192 Å². The summed E-state index contributed by atoms with van der Waals surface area (Å²) >= 11 is 0. The summed E-state index contributed by atoms with van der Waals surface area (Å²) in [6.07, 6.45) is 2.36. The van der Waals surface area contributed by atoms with Crippen LogP contribution in [0.4, 0.5) is 18.9 Å². The van der Waals surface area contributed by atoms with Crippen LogP contribution in [0.1, 0.15) is 29.8 Å². The molecule has 3 N–H and O–H groups in total. The molecule has 1 amide bonds. The third-order valence-corrected chi connectivity index (χ3v) is 4.76. The quantitative estimate of drug-likeness (QED) is 0.378. The van der Waals surface area contributed by atoms with Gasteiger partial charge in [0.25, 0.3) is 5.91 Å². The minimum absolute atomic E-state index is 0.0138. The highest BCUT2D eigenvalue weighted by Crippen LogP contribution is 2.22. The number of hydrogen-bond donors (Lipinski definition) is 3. The van der Waals surface area contributed by atoms with Crippen molar-refractivity contribution in [1.82, 2.24) is 25.1 Å². The van der Waals surface area contributed by atoms with Crippen molar-refractivity contribution in [2.45, 2.75) is 32.2 Å². The van der Waals surface area contributed by atoms with Gasteiger partial charge in [-0.15, -0.1) is 0 Å². The molecule has 0 unspecified atom stereocenters. The van der Waals surface area contributed by atoms with Crippen molar-refractivity contribution in [3.63, 3.8) is 0 Å². The van der Waals surface area contributed by atoms with Gasteiger partial charge in [0.2, 0.25) is 0 Å². The Bertz CT molecular complexity index is 1200. The summed E-state index contributed by atoms with van der Waals surface area (Å²) in [5.41, 5.74) is -0.675. The molecule has 3 heterocycles. The summed E-state index contributed by atoms with van der Waals surface area (Å²) in [5, 5.41) is 28.8. The van der Waals surface area contributed by atoms with Gasteiger partial charge in [-0.25, -0.2) is 14.4 Å². The van der Waals surface area contributed by atoms with Crippen molar-refractivity contribution in [3.05, 3.63) is 41.9 Å². The minimum Gasteiger partial charge on any atom is -0.387 e. The van der Waals surface area contributed by atoms with Gasteiger partial charge in [-0.2, -0.15) is 23.8 Å². The van der Waals surface area contributed by atoms with E-state index in [4.69, 9.17) is 5.26 Å². The second kappa shape index (κ2) is 10.4. The molecule has 0 aromatic carbocycles. The molecule has 34 heavy (non-hydrogen) atoms. The Morgan fingerprint density at radius 3 is 2.71 bits per heavy atom. The zero-order chi connectivity index (χ0) is 24.9. The Morgan fingerprint density at radius 2 is 2.03 bits per heavy atom. The molecule has 0 radical (unpaired) electrons. The summed E-state index contributed by atoms with van der Waals surface area (Å²) in [7, 11) is 0. The predicted molar refractivity (Wildman–Crippen MR) is 115 cm³/mol. The summed E-state index contributed by atoms with van der Waals surface area (Å²) in [6.45, 7) is -1.25. The molecule has 3 aromatic rings. The molecule has 3 aromatic heterocycles. The summed E-state index contributed by atoms with van der Waals surface area (Å²) in [6, 6.07) is 5.04. The normalized spacial score (nSPS) is 12.5. The number of amides is 1. The van der Waals surface area contributed by atoms with Crippen molar-refractivity contribution < 1.29 is 27.8 Å². The molecule has 0 spiro atoms. The number of aliphatic hydroxyl groups is 1. The number of carbonyl (C=O) groups excluding carboxylic acids is 1. The predicted octanol–water partition coefficient (Wildman–Crippen LogP) is 2.18. The number of ether oxygens (including phenoxy) is 1. The topological polar surface area (TPSA) is 138 Å². The number of fused-ring (bicyclic) bond motifs is 1. The van der Waals surface area contributed by atoms with Gasteiger partial charge < -0.3 is 20.5 Å². The Hall–Kier alpha value is -3.76. The van der Waals surface area contributed by atoms with Crippen LogP contribution < -0.4 is 10.6 Å². The number of aromatic nitrogens is 4. The van der Waals surface area contributed by atoms with Gasteiger partial charge in [0, 0.05) is 30.4 Å². The fourth-order valence-electron chi connectivity index (χ4n) is 2.90. The lowest BCUT2D eigenvalue weighted by Crippen LogP contribution is -2.42. The lowest BCUT2D eigenvalue weighted by molar-refractivity contribution is -0.125. The fourth-order valence-corrected chi connectivity index (χ4v) is 2.90. The number of nitrogens with one attached hydrogen (secondary N) is 2. The van der Waals surface area contributed by atoms with E-state index in [-0.39, 0.29) is 30.2 Å².